The summed E-state index contributed by atoms with van der Waals surface area (Å²) in [6.45, 7) is 4.31. The summed E-state index contributed by atoms with van der Waals surface area (Å²) in [5.41, 5.74) is 1.23. The van der Waals surface area contributed by atoms with Gasteiger partial charge in [0, 0.05) is 0 Å². The molecule has 1 atom stereocenters. The van der Waals surface area contributed by atoms with Gasteiger partial charge in [0.1, 0.15) is 11.5 Å². The summed E-state index contributed by atoms with van der Waals surface area (Å²) in [5.74, 6) is 1.45. The smallest absolute Gasteiger partial charge is 0.395 e. The van der Waals surface area contributed by atoms with Gasteiger partial charge >= 0.3 is 6.16 Å². The Balaban J connectivity index is 0.00000220. The molecule has 1 unspecified atom stereocenters. The lowest BCUT2D eigenvalue weighted by Gasteiger charge is -2.10. The maximum absolute atomic E-state index is 11.6. The van der Waals surface area contributed by atoms with Gasteiger partial charge in [-0.3, -0.25) is 0 Å². The van der Waals surface area contributed by atoms with Crippen LogP contribution in [-0.2, 0) is 0 Å². The molecule has 0 aliphatic rings. The van der Waals surface area contributed by atoms with E-state index in [1.807, 2.05) is 18.2 Å². The van der Waals surface area contributed by atoms with Crippen LogP contribution in [0.5, 0.6) is 11.5 Å². The van der Waals surface area contributed by atoms with E-state index < -0.39 is 6.16 Å². The van der Waals surface area contributed by atoms with Gasteiger partial charge in [-0.25, -0.2) is 4.79 Å². The van der Waals surface area contributed by atoms with Crippen LogP contribution in [0.25, 0.3) is 0 Å². The lowest BCUT2D eigenvalue weighted by Crippen LogP contribution is -2.13. The Hall–Kier alpha value is -2.29. The van der Waals surface area contributed by atoms with Gasteiger partial charge in [-0.2, -0.15) is 0 Å². The van der Waals surface area contributed by atoms with E-state index in [9.17, 15) is 4.79 Å². The van der Waals surface area contributed by atoms with Crippen LogP contribution < -0.4 is 9.47 Å². The SMILES string of the molecule is C.C.CCC(C)c1ccc(OC(=O)Oc2ccccc2)cc1. The van der Waals surface area contributed by atoms with Gasteiger partial charge in [-0.05, 0) is 42.2 Å². The highest BCUT2D eigenvalue weighted by Gasteiger charge is 2.08. The molecule has 2 aromatic carbocycles. The van der Waals surface area contributed by atoms with Crippen molar-refractivity contribution in [3.63, 3.8) is 0 Å². The zero-order valence-corrected chi connectivity index (χ0v) is 11.7. The van der Waals surface area contributed by atoms with Crippen molar-refractivity contribution >= 4 is 6.16 Å². The molecule has 2 rings (SSSR count). The first kappa shape index (κ1) is 19.7. The summed E-state index contributed by atoms with van der Waals surface area (Å²) in [7, 11) is 0. The van der Waals surface area contributed by atoms with Crippen molar-refractivity contribution in [2.24, 2.45) is 0 Å². The molecule has 0 amide bonds. The highest BCUT2D eigenvalue weighted by atomic mass is 16.7. The summed E-state index contributed by atoms with van der Waals surface area (Å²) < 4.78 is 10.2. The van der Waals surface area contributed by atoms with Crippen LogP contribution in [0.4, 0.5) is 4.79 Å². The molecule has 22 heavy (non-hydrogen) atoms. The summed E-state index contributed by atoms with van der Waals surface area (Å²) in [6.07, 6.45) is 0.350. The molecule has 0 heterocycles. The Morgan fingerprint density at radius 2 is 1.41 bits per heavy atom. The Morgan fingerprint density at radius 1 is 0.909 bits per heavy atom. The first-order valence-electron chi connectivity index (χ1n) is 6.73. The molecule has 2 aromatic rings. The predicted octanol–water partition coefficient (Wildman–Crippen LogP) is 6.05. The molecule has 0 aliphatic heterocycles. The van der Waals surface area contributed by atoms with Crippen LogP contribution in [0, 0.1) is 0 Å². The number of carbonyl (C=O) groups excluding carboxylic acids is 1. The largest absolute Gasteiger partial charge is 0.519 e. The third kappa shape index (κ3) is 5.60. The van der Waals surface area contributed by atoms with Crippen LogP contribution in [0.15, 0.2) is 54.6 Å². The zero-order valence-electron chi connectivity index (χ0n) is 11.7. The molecule has 0 saturated carbocycles. The van der Waals surface area contributed by atoms with Gasteiger partial charge in [0.05, 0.1) is 0 Å². The van der Waals surface area contributed by atoms with E-state index >= 15 is 0 Å². The minimum Gasteiger partial charge on any atom is -0.395 e. The average Bonchev–Trinajstić information content (AvgIpc) is 2.48. The predicted molar refractivity (Wildman–Crippen MR) is 91.7 cm³/mol. The molecular formula is C19H26O3. The van der Waals surface area contributed by atoms with Crippen molar-refractivity contribution < 1.29 is 14.3 Å². The number of carbonyl (C=O) groups is 1. The number of hydrogen-bond donors (Lipinski definition) is 0. The molecule has 0 N–H and O–H groups in total. The van der Waals surface area contributed by atoms with E-state index in [1.54, 1.807) is 36.4 Å². The van der Waals surface area contributed by atoms with Crippen LogP contribution in [0.2, 0.25) is 0 Å². The second-order valence-corrected chi connectivity index (χ2v) is 4.65. The number of rotatable bonds is 4. The third-order valence-corrected chi connectivity index (χ3v) is 3.21. The van der Waals surface area contributed by atoms with Crippen LogP contribution in [0.1, 0.15) is 46.6 Å². The number of ether oxygens (including phenoxy) is 2. The molecule has 0 spiro atoms. The molecule has 0 bridgehead atoms. The van der Waals surface area contributed by atoms with Gasteiger partial charge in [0.25, 0.3) is 0 Å². The van der Waals surface area contributed by atoms with E-state index in [2.05, 4.69) is 13.8 Å². The van der Waals surface area contributed by atoms with Crippen LogP contribution in [-0.4, -0.2) is 6.16 Å². The normalized spacial score (nSPS) is 10.6. The van der Waals surface area contributed by atoms with Crippen molar-refractivity contribution in [1.82, 2.24) is 0 Å². The molecule has 0 saturated heterocycles. The Bertz CT molecular complexity index is 547. The maximum atomic E-state index is 11.6. The molecule has 0 aromatic heterocycles. The number of benzene rings is 2. The highest BCUT2D eigenvalue weighted by molar-refractivity contribution is 5.67. The minimum atomic E-state index is -0.729. The lowest BCUT2D eigenvalue weighted by molar-refractivity contribution is 0.152. The summed E-state index contributed by atoms with van der Waals surface area (Å²) in [5, 5.41) is 0. The fourth-order valence-corrected chi connectivity index (χ4v) is 1.80. The van der Waals surface area contributed by atoms with Gasteiger partial charge in [-0.1, -0.05) is 59.0 Å². The molecule has 0 fully saturated rings. The van der Waals surface area contributed by atoms with Crippen molar-refractivity contribution in [1.29, 1.82) is 0 Å². The fraction of sp³-hybridized carbons (Fsp3) is 0.316. The third-order valence-electron chi connectivity index (χ3n) is 3.21. The van der Waals surface area contributed by atoms with Crippen LogP contribution in [0.3, 0.4) is 0 Å². The Morgan fingerprint density at radius 3 is 1.91 bits per heavy atom. The first-order chi connectivity index (χ1) is 9.69. The first-order valence-corrected chi connectivity index (χ1v) is 6.73. The van der Waals surface area contributed by atoms with Crippen molar-refractivity contribution in [2.75, 3.05) is 0 Å². The Kier molecular flexibility index (Phi) is 8.61. The van der Waals surface area contributed by atoms with Gasteiger partial charge < -0.3 is 9.47 Å². The van der Waals surface area contributed by atoms with E-state index in [1.165, 1.54) is 5.56 Å². The molecule has 3 nitrogen and oxygen atoms in total. The number of para-hydroxylation sites is 1. The summed E-state index contributed by atoms with van der Waals surface area (Å²) in [4.78, 5) is 11.6. The monoisotopic (exact) mass is 302 g/mol. The molecule has 0 radical (unpaired) electrons. The molecular weight excluding hydrogens is 276 g/mol. The second kappa shape index (κ2) is 9.61. The van der Waals surface area contributed by atoms with Crippen molar-refractivity contribution in [2.45, 2.75) is 41.0 Å². The zero-order chi connectivity index (χ0) is 14.4. The van der Waals surface area contributed by atoms with Gasteiger partial charge in [-0.15, -0.1) is 0 Å². The average molecular weight is 302 g/mol. The maximum Gasteiger partial charge on any atom is 0.519 e. The van der Waals surface area contributed by atoms with E-state index in [4.69, 9.17) is 9.47 Å². The summed E-state index contributed by atoms with van der Waals surface area (Å²) >= 11 is 0. The van der Waals surface area contributed by atoms with Crippen molar-refractivity contribution in [3.8, 4) is 11.5 Å². The topological polar surface area (TPSA) is 35.5 Å². The standard InChI is InChI=1S/C17H18O3.2CH4/c1-3-13(2)14-9-11-16(12-10-14)20-17(18)19-15-7-5-4-6-8-15;;/h4-13H,3H2,1-2H3;2*1H4. The second-order valence-electron chi connectivity index (χ2n) is 4.65. The molecule has 3 heteroatoms. The molecule has 120 valence electrons. The van der Waals surface area contributed by atoms with E-state index in [0.29, 0.717) is 17.4 Å². The Labute approximate surface area is 133 Å². The fourth-order valence-electron chi connectivity index (χ4n) is 1.80. The quantitative estimate of drug-likeness (QED) is 0.509. The van der Waals surface area contributed by atoms with E-state index in [-0.39, 0.29) is 14.9 Å². The van der Waals surface area contributed by atoms with E-state index in [0.717, 1.165) is 6.42 Å². The van der Waals surface area contributed by atoms with Gasteiger partial charge in [0.15, 0.2) is 0 Å². The molecule has 0 aliphatic carbocycles. The summed E-state index contributed by atoms with van der Waals surface area (Å²) in [6, 6.07) is 16.4. The van der Waals surface area contributed by atoms with Crippen molar-refractivity contribution in [3.05, 3.63) is 60.2 Å². The number of hydrogen-bond acceptors (Lipinski definition) is 3. The highest BCUT2D eigenvalue weighted by Crippen LogP contribution is 2.22. The van der Waals surface area contributed by atoms with Crippen LogP contribution >= 0.6 is 0 Å². The minimum absolute atomic E-state index is 0. The van der Waals surface area contributed by atoms with Gasteiger partial charge in [0.2, 0.25) is 0 Å². The lowest BCUT2D eigenvalue weighted by atomic mass is 9.99.